The van der Waals surface area contributed by atoms with E-state index in [1.54, 1.807) is 0 Å². The molecule has 1 aromatic carbocycles. The zero-order valence-electron chi connectivity index (χ0n) is 6.04. The standard InChI is InChI=1S/C9H4INO/c10-8-3-1-2-7-6(4-11)5-12-9(7)8/h1-3,5H. The van der Waals surface area contributed by atoms with E-state index >= 15 is 0 Å². The number of nitrogens with zero attached hydrogens (tertiary/aromatic N) is 1. The third-order valence-electron chi connectivity index (χ3n) is 1.67. The van der Waals surface area contributed by atoms with Crippen molar-refractivity contribution in [2.75, 3.05) is 0 Å². The van der Waals surface area contributed by atoms with E-state index in [1.165, 1.54) is 6.26 Å². The van der Waals surface area contributed by atoms with Crippen LogP contribution in [-0.2, 0) is 0 Å². The van der Waals surface area contributed by atoms with Gasteiger partial charge in [0.2, 0.25) is 0 Å². The van der Waals surface area contributed by atoms with Crippen molar-refractivity contribution >= 4 is 33.6 Å². The number of nitriles is 1. The molecule has 2 rings (SSSR count). The van der Waals surface area contributed by atoms with Gasteiger partial charge < -0.3 is 4.42 Å². The van der Waals surface area contributed by atoms with Gasteiger partial charge in [0.25, 0.3) is 0 Å². The summed E-state index contributed by atoms with van der Waals surface area (Å²) in [6.07, 6.45) is 1.49. The van der Waals surface area contributed by atoms with E-state index in [4.69, 9.17) is 9.68 Å². The van der Waals surface area contributed by atoms with Gasteiger partial charge in [-0.2, -0.15) is 5.26 Å². The molecule has 0 spiro atoms. The smallest absolute Gasteiger partial charge is 0.148 e. The van der Waals surface area contributed by atoms with Gasteiger partial charge in [-0.3, -0.25) is 0 Å². The van der Waals surface area contributed by atoms with Gasteiger partial charge in [0.05, 0.1) is 9.13 Å². The molecule has 0 amide bonds. The van der Waals surface area contributed by atoms with Crippen molar-refractivity contribution in [2.24, 2.45) is 0 Å². The van der Waals surface area contributed by atoms with Gasteiger partial charge in [-0.05, 0) is 34.7 Å². The quantitative estimate of drug-likeness (QED) is 0.689. The van der Waals surface area contributed by atoms with Gasteiger partial charge in [-0.25, -0.2) is 0 Å². The third kappa shape index (κ3) is 0.994. The topological polar surface area (TPSA) is 36.9 Å². The number of furan rings is 1. The van der Waals surface area contributed by atoms with Crippen LogP contribution in [0.15, 0.2) is 28.9 Å². The van der Waals surface area contributed by atoms with Crippen molar-refractivity contribution in [3.05, 3.63) is 33.6 Å². The molecule has 2 aromatic rings. The minimum absolute atomic E-state index is 0.600. The Morgan fingerprint density at radius 1 is 1.42 bits per heavy atom. The number of rotatable bonds is 0. The maximum absolute atomic E-state index is 8.70. The van der Waals surface area contributed by atoms with E-state index in [0.29, 0.717) is 5.56 Å². The van der Waals surface area contributed by atoms with E-state index < -0.39 is 0 Å². The molecule has 0 aliphatic rings. The molecule has 0 N–H and O–H groups in total. The molecule has 12 heavy (non-hydrogen) atoms. The average Bonchev–Trinajstić information content (AvgIpc) is 2.49. The van der Waals surface area contributed by atoms with Crippen molar-refractivity contribution in [1.82, 2.24) is 0 Å². The fourth-order valence-corrected chi connectivity index (χ4v) is 1.73. The molecule has 0 fully saturated rings. The molecule has 58 valence electrons. The number of fused-ring (bicyclic) bond motifs is 1. The van der Waals surface area contributed by atoms with E-state index in [-0.39, 0.29) is 0 Å². The zero-order chi connectivity index (χ0) is 8.55. The number of halogens is 1. The summed E-state index contributed by atoms with van der Waals surface area (Å²) in [7, 11) is 0. The fraction of sp³-hybridized carbons (Fsp3) is 0. The molecule has 1 aromatic heterocycles. The van der Waals surface area contributed by atoms with Crippen LogP contribution in [0.2, 0.25) is 0 Å². The Hall–Kier alpha value is -1.02. The molecule has 0 radical (unpaired) electrons. The summed E-state index contributed by atoms with van der Waals surface area (Å²) in [5, 5.41) is 9.60. The number of para-hydroxylation sites is 1. The maximum atomic E-state index is 8.70. The summed E-state index contributed by atoms with van der Waals surface area (Å²) in [5.41, 5.74) is 1.40. The number of hydrogen-bond acceptors (Lipinski definition) is 2. The fourth-order valence-electron chi connectivity index (χ4n) is 1.11. The second-order valence-corrected chi connectivity index (χ2v) is 3.54. The predicted molar refractivity (Wildman–Crippen MR) is 53.6 cm³/mol. The summed E-state index contributed by atoms with van der Waals surface area (Å²) < 4.78 is 6.27. The Morgan fingerprint density at radius 3 is 3.00 bits per heavy atom. The lowest BCUT2D eigenvalue weighted by atomic mass is 10.2. The van der Waals surface area contributed by atoms with Crippen molar-refractivity contribution in [3.8, 4) is 6.07 Å². The Kier molecular flexibility index (Phi) is 1.77. The number of benzene rings is 1. The molecule has 1 heterocycles. The Bertz CT molecular complexity index is 467. The molecule has 0 aliphatic heterocycles. The SMILES string of the molecule is N#Cc1coc2c(I)cccc12. The Balaban J connectivity index is 2.91. The second kappa shape index (κ2) is 2.79. The molecule has 2 nitrogen and oxygen atoms in total. The van der Waals surface area contributed by atoms with Crippen molar-refractivity contribution in [2.45, 2.75) is 0 Å². The summed E-state index contributed by atoms with van der Waals surface area (Å²) in [6.45, 7) is 0. The summed E-state index contributed by atoms with van der Waals surface area (Å²) in [6, 6.07) is 7.84. The first-order chi connectivity index (χ1) is 5.83. The van der Waals surface area contributed by atoms with E-state index in [2.05, 4.69) is 28.7 Å². The molecular weight excluding hydrogens is 265 g/mol. The lowest BCUT2D eigenvalue weighted by molar-refractivity contribution is 0.612. The van der Waals surface area contributed by atoms with Crippen LogP contribution in [0.25, 0.3) is 11.0 Å². The van der Waals surface area contributed by atoms with Crippen molar-refractivity contribution < 1.29 is 4.42 Å². The van der Waals surface area contributed by atoms with Gasteiger partial charge in [0, 0.05) is 5.39 Å². The first-order valence-electron chi connectivity index (χ1n) is 3.39. The normalized spacial score (nSPS) is 10.0. The van der Waals surface area contributed by atoms with Gasteiger partial charge >= 0.3 is 0 Å². The average molecular weight is 269 g/mol. The summed E-state index contributed by atoms with van der Waals surface area (Å²) >= 11 is 2.18. The van der Waals surface area contributed by atoms with Gasteiger partial charge in [-0.15, -0.1) is 0 Å². The molecule has 0 bridgehead atoms. The summed E-state index contributed by atoms with van der Waals surface area (Å²) in [4.78, 5) is 0. The van der Waals surface area contributed by atoms with Gasteiger partial charge in [-0.1, -0.05) is 6.07 Å². The van der Waals surface area contributed by atoms with Crippen LogP contribution in [0.4, 0.5) is 0 Å². The highest BCUT2D eigenvalue weighted by Crippen LogP contribution is 2.24. The lowest BCUT2D eigenvalue weighted by Gasteiger charge is -1.89. The predicted octanol–water partition coefficient (Wildman–Crippen LogP) is 2.91. The van der Waals surface area contributed by atoms with Gasteiger partial charge in [0.1, 0.15) is 17.9 Å². The minimum atomic E-state index is 0.600. The van der Waals surface area contributed by atoms with Crippen LogP contribution in [0.5, 0.6) is 0 Å². The third-order valence-corrected chi connectivity index (χ3v) is 2.52. The van der Waals surface area contributed by atoms with E-state index in [9.17, 15) is 0 Å². The van der Waals surface area contributed by atoms with Crippen molar-refractivity contribution in [1.29, 1.82) is 5.26 Å². The maximum Gasteiger partial charge on any atom is 0.148 e. The molecule has 0 aliphatic carbocycles. The van der Waals surface area contributed by atoms with Gasteiger partial charge in [0.15, 0.2) is 0 Å². The Labute approximate surface area is 82.9 Å². The largest absolute Gasteiger partial charge is 0.462 e. The van der Waals surface area contributed by atoms with E-state index in [1.807, 2.05) is 18.2 Å². The van der Waals surface area contributed by atoms with Crippen LogP contribution in [-0.4, -0.2) is 0 Å². The highest BCUT2D eigenvalue weighted by atomic mass is 127. The molecule has 3 heteroatoms. The minimum Gasteiger partial charge on any atom is -0.462 e. The molecule has 0 saturated carbocycles. The molecular formula is C9H4INO. The molecule has 0 saturated heterocycles. The number of hydrogen-bond donors (Lipinski definition) is 0. The van der Waals surface area contributed by atoms with E-state index in [0.717, 1.165) is 14.5 Å². The highest BCUT2D eigenvalue weighted by Gasteiger charge is 2.06. The highest BCUT2D eigenvalue weighted by molar-refractivity contribution is 14.1. The lowest BCUT2D eigenvalue weighted by Crippen LogP contribution is -1.72. The van der Waals surface area contributed by atoms with Crippen LogP contribution in [0, 0.1) is 14.9 Å². The monoisotopic (exact) mass is 269 g/mol. The van der Waals surface area contributed by atoms with Crippen molar-refractivity contribution in [3.63, 3.8) is 0 Å². The summed E-state index contributed by atoms with van der Waals surface area (Å²) in [5.74, 6) is 0. The Morgan fingerprint density at radius 2 is 2.25 bits per heavy atom. The van der Waals surface area contributed by atoms with Crippen LogP contribution < -0.4 is 0 Å². The molecule has 0 atom stereocenters. The zero-order valence-corrected chi connectivity index (χ0v) is 8.20. The first-order valence-corrected chi connectivity index (χ1v) is 4.46. The second-order valence-electron chi connectivity index (χ2n) is 2.38. The van der Waals surface area contributed by atoms with Crippen LogP contribution in [0.3, 0.4) is 0 Å². The van der Waals surface area contributed by atoms with Crippen LogP contribution >= 0.6 is 22.6 Å². The van der Waals surface area contributed by atoms with Crippen LogP contribution in [0.1, 0.15) is 5.56 Å². The first kappa shape index (κ1) is 7.62. The molecule has 0 unspecified atom stereocenters.